The van der Waals surface area contributed by atoms with E-state index in [0.717, 1.165) is 24.0 Å². The molecule has 0 bridgehead atoms. The SMILES string of the molecule is COc1cccc(CCc2ccccc2)c1OCc1ccccc1C(N)=O. The van der Waals surface area contributed by atoms with Gasteiger partial charge in [0.25, 0.3) is 0 Å². The standard InChI is InChI=1S/C23H23NO3/c1-26-21-13-7-11-18(15-14-17-8-3-2-4-9-17)22(21)27-16-19-10-5-6-12-20(19)23(24)25/h2-13H,14-16H2,1H3,(H2,24,25). The van der Waals surface area contributed by atoms with Gasteiger partial charge >= 0.3 is 0 Å². The van der Waals surface area contributed by atoms with Crippen LogP contribution in [0.15, 0.2) is 72.8 Å². The predicted molar refractivity (Wildman–Crippen MR) is 106 cm³/mol. The number of carbonyl (C=O) groups excluding carboxylic acids is 1. The topological polar surface area (TPSA) is 61.6 Å². The smallest absolute Gasteiger partial charge is 0.249 e. The van der Waals surface area contributed by atoms with Gasteiger partial charge in [0.05, 0.1) is 7.11 Å². The Labute approximate surface area is 159 Å². The van der Waals surface area contributed by atoms with Crippen molar-refractivity contribution in [3.05, 3.63) is 95.1 Å². The summed E-state index contributed by atoms with van der Waals surface area (Å²) in [5, 5.41) is 0. The molecule has 3 rings (SSSR count). The Kier molecular flexibility index (Phi) is 6.10. The Morgan fingerprint density at radius 1 is 0.852 bits per heavy atom. The molecule has 0 aliphatic rings. The number of amides is 1. The van der Waals surface area contributed by atoms with Crippen molar-refractivity contribution in [3.63, 3.8) is 0 Å². The van der Waals surface area contributed by atoms with Crippen LogP contribution in [0, 0.1) is 0 Å². The van der Waals surface area contributed by atoms with E-state index in [9.17, 15) is 4.79 Å². The quantitative estimate of drug-likeness (QED) is 0.655. The zero-order valence-electron chi connectivity index (χ0n) is 15.4. The second-order valence-corrected chi connectivity index (χ2v) is 6.24. The number of rotatable bonds is 8. The van der Waals surface area contributed by atoms with Gasteiger partial charge in [0, 0.05) is 11.1 Å². The maximum Gasteiger partial charge on any atom is 0.249 e. The number of carbonyl (C=O) groups is 1. The minimum atomic E-state index is -0.460. The molecule has 0 saturated carbocycles. The normalized spacial score (nSPS) is 10.4. The van der Waals surface area contributed by atoms with Crippen LogP contribution in [0.25, 0.3) is 0 Å². The Hall–Kier alpha value is -3.27. The first-order valence-corrected chi connectivity index (χ1v) is 8.89. The van der Waals surface area contributed by atoms with E-state index in [1.54, 1.807) is 19.2 Å². The van der Waals surface area contributed by atoms with Gasteiger partial charge < -0.3 is 15.2 Å². The van der Waals surface area contributed by atoms with Crippen molar-refractivity contribution >= 4 is 5.91 Å². The van der Waals surface area contributed by atoms with Crippen LogP contribution in [0.2, 0.25) is 0 Å². The molecule has 0 heterocycles. The highest BCUT2D eigenvalue weighted by Crippen LogP contribution is 2.33. The summed E-state index contributed by atoms with van der Waals surface area (Å²) in [5.41, 5.74) is 9.02. The number of aryl methyl sites for hydroxylation is 2. The summed E-state index contributed by atoms with van der Waals surface area (Å²) >= 11 is 0. The highest BCUT2D eigenvalue weighted by atomic mass is 16.5. The lowest BCUT2D eigenvalue weighted by molar-refractivity contribution is 0.0998. The van der Waals surface area contributed by atoms with Crippen LogP contribution in [-0.2, 0) is 19.4 Å². The van der Waals surface area contributed by atoms with Crippen LogP contribution in [0.1, 0.15) is 27.0 Å². The lowest BCUT2D eigenvalue weighted by atomic mass is 10.0. The molecule has 4 heteroatoms. The summed E-state index contributed by atoms with van der Waals surface area (Å²) in [4.78, 5) is 11.6. The molecule has 0 spiro atoms. The fourth-order valence-corrected chi connectivity index (χ4v) is 3.04. The molecule has 0 unspecified atom stereocenters. The summed E-state index contributed by atoms with van der Waals surface area (Å²) in [6.45, 7) is 0.248. The lowest BCUT2D eigenvalue weighted by Gasteiger charge is -2.16. The second kappa shape index (κ2) is 8.90. The van der Waals surface area contributed by atoms with Crippen molar-refractivity contribution in [3.8, 4) is 11.5 Å². The highest BCUT2D eigenvalue weighted by Gasteiger charge is 2.13. The van der Waals surface area contributed by atoms with Gasteiger partial charge in [-0.15, -0.1) is 0 Å². The molecule has 1 amide bonds. The van der Waals surface area contributed by atoms with Gasteiger partial charge in [-0.2, -0.15) is 0 Å². The molecule has 0 aromatic heterocycles. The average molecular weight is 361 g/mol. The Morgan fingerprint density at radius 2 is 1.56 bits per heavy atom. The molecular weight excluding hydrogens is 338 g/mol. The molecule has 27 heavy (non-hydrogen) atoms. The molecule has 3 aromatic rings. The second-order valence-electron chi connectivity index (χ2n) is 6.24. The van der Waals surface area contributed by atoms with Crippen molar-refractivity contribution in [1.29, 1.82) is 0 Å². The van der Waals surface area contributed by atoms with Gasteiger partial charge in [-0.05, 0) is 36.1 Å². The van der Waals surface area contributed by atoms with Crippen LogP contribution < -0.4 is 15.2 Å². The molecule has 138 valence electrons. The molecule has 0 saturated heterocycles. The number of benzene rings is 3. The maximum atomic E-state index is 11.6. The van der Waals surface area contributed by atoms with Crippen LogP contribution in [-0.4, -0.2) is 13.0 Å². The van der Waals surface area contributed by atoms with Crippen LogP contribution in [0.4, 0.5) is 0 Å². The van der Waals surface area contributed by atoms with E-state index in [-0.39, 0.29) is 6.61 Å². The van der Waals surface area contributed by atoms with E-state index in [2.05, 4.69) is 12.1 Å². The van der Waals surface area contributed by atoms with Crippen LogP contribution >= 0.6 is 0 Å². The third-order valence-electron chi connectivity index (χ3n) is 4.46. The van der Waals surface area contributed by atoms with E-state index in [0.29, 0.717) is 17.1 Å². The van der Waals surface area contributed by atoms with E-state index < -0.39 is 5.91 Å². The van der Waals surface area contributed by atoms with Crippen molar-refractivity contribution in [2.75, 3.05) is 7.11 Å². The summed E-state index contributed by atoms with van der Waals surface area (Å²) in [6, 6.07) is 23.4. The summed E-state index contributed by atoms with van der Waals surface area (Å²) in [7, 11) is 1.63. The van der Waals surface area contributed by atoms with Gasteiger partial charge in [0.1, 0.15) is 6.61 Å². The van der Waals surface area contributed by atoms with E-state index in [4.69, 9.17) is 15.2 Å². The monoisotopic (exact) mass is 361 g/mol. The van der Waals surface area contributed by atoms with Crippen molar-refractivity contribution in [2.24, 2.45) is 5.73 Å². The average Bonchev–Trinajstić information content (AvgIpc) is 2.71. The highest BCUT2D eigenvalue weighted by molar-refractivity contribution is 5.94. The van der Waals surface area contributed by atoms with E-state index in [1.807, 2.05) is 48.5 Å². The molecule has 2 N–H and O–H groups in total. The minimum Gasteiger partial charge on any atom is -0.493 e. The minimum absolute atomic E-state index is 0.248. The largest absolute Gasteiger partial charge is 0.493 e. The third kappa shape index (κ3) is 4.67. The zero-order valence-corrected chi connectivity index (χ0v) is 15.4. The van der Waals surface area contributed by atoms with Crippen molar-refractivity contribution in [2.45, 2.75) is 19.4 Å². The predicted octanol–water partition coefficient (Wildman–Crippen LogP) is 4.16. The van der Waals surface area contributed by atoms with Crippen LogP contribution in [0.3, 0.4) is 0 Å². The Balaban J connectivity index is 1.80. The molecular formula is C23H23NO3. The van der Waals surface area contributed by atoms with Gasteiger partial charge in [0.15, 0.2) is 11.5 Å². The summed E-state index contributed by atoms with van der Waals surface area (Å²) in [5.74, 6) is 0.922. The van der Waals surface area contributed by atoms with Gasteiger partial charge in [-0.3, -0.25) is 4.79 Å². The Morgan fingerprint density at radius 3 is 2.30 bits per heavy atom. The molecule has 3 aromatic carbocycles. The molecule has 0 aliphatic carbocycles. The Bertz CT molecular complexity index is 907. The number of primary amides is 1. The number of hydrogen-bond donors (Lipinski definition) is 1. The van der Waals surface area contributed by atoms with Crippen molar-refractivity contribution in [1.82, 2.24) is 0 Å². The first-order valence-electron chi connectivity index (χ1n) is 8.89. The number of hydrogen-bond acceptors (Lipinski definition) is 3. The molecule has 0 aliphatic heterocycles. The number of para-hydroxylation sites is 1. The lowest BCUT2D eigenvalue weighted by Crippen LogP contribution is -2.15. The fraction of sp³-hybridized carbons (Fsp3) is 0.174. The molecule has 0 fully saturated rings. The maximum absolute atomic E-state index is 11.6. The molecule has 0 radical (unpaired) electrons. The van der Waals surface area contributed by atoms with Crippen LogP contribution in [0.5, 0.6) is 11.5 Å². The fourth-order valence-electron chi connectivity index (χ4n) is 3.04. The first-order chi connectivity index (χ1) is 13.2. The van der Waals surface area contributed by atoms with Gasteiger partial charge in [-0.1, -0.05) is 60.7 Å². The number of methoxy groups -OCH3 is 1. The molecule has 4 nitrogen and oxygen atoms in total. The van der Waals surface area contributed by atoms with Gasteiger partial charge in [-0.25, -0.2) is 0 Å². The van der Waals surface area contributed by atoms with E-state index >= 15 is 0 Å². The van der Waals surface area contributed by atoms with E-state index in [1.165, 1.54) is 5.56 Å². The number of ether oxygens (including phenoxy) is 2. The zero-order chi connectivity index (χ0) is 19.1. The first kappa shape index (κ1) is 18.5. The third-order valence-corrected chi connectivity index (χ3v) is 4.46. The van der Waals surface area contributed by atoms with Crippen molar-refractivity contribution < 1.29 is 14.3 Å². The number of nitrogens with two attached hydrogens (primary N) is 1. The van der Waals surface area contributed by atoms with Gasteiger partial charge in [0.2, 0.25) is 5.91 Å². The molecule has 0 atom stereocenters. The summed E-state index contributed by atoms with van der Waals surface area (Å²) in [6.07, 6.45) is 1.73. The summed E-state index contributed by atoms with van der Waals surface area (Å²) < 4.78 is 11.6.